The first-order chi connectivity index (χ1) is 14.2. The second kappa shape index (κ2) is 6.90. The first-order valence-electron chi connectivity index (χ1n) is 9.34. The van der Waals surface area contributed by atoms with Gasteiger partial charge in [0.2, 0.25) is 0 Å². The number of fused-ring (bicyclic) bond motifs is 1. The maximum atomic E-state index is 4.78. The minimum absolute atomic E-state index is 0.645. The molecule has 0 radical (unpaired) electrons. The maximum absolute atomic E-state index is 4.78. The number of aryl methyl sites for hydroxylation is 2. The molecule has 0 saturated carbocycles. The van der Waals surface area contributed by atoms with Crippen LogP contribution in [-0.2, 0) is 13.6 Å². The van der Waals surface area contributed by atoms with E-state index < -0.39 is 0 Å². The summed E-state index contributed by atoms with van der Waals surface area (Å²) in [7, 11) is 1.91. The molecular weight excluding hydrogens is 364 g/mol. The number of hydrogen-bond donors (Lipinski definition) is 1. The van der Waals surface area contributed by atoms with Gasteiger partial charge in [0.25, 0.3) is 0 Å². The van der Waals surface area contributed by atoms with Gasteiger partial charge < -0.3 is 9.72 Å². The molecule has 1 N–H and O–H groups in total. The summed E-state index contributed by atoms with van der Waals surface area (Å²) in [6.07, 6.45) is 9.61. The van der Waals surface area contributed by atoms with Crippen molar-refractivity contribution >= 4 is 11.5 Å². The Labute approximate surface area is 167 Å². The molecule has 8 heteroatoms. The molecule has 0 aromatic carbocycles. The SMILES string of the molecule is Cc1cccc(-n2nc(NCc3cnn(C)c3)cc2-c2ccc3nccn3c2)n1. The van der Waals surface area contributed by atoms with Gasteiger partial charge in [-0.2, -0.15) is 5.10 Å². The van der Waals surface area contributed by atoms with Crippen molar-refractivity contribution in [3.05, 3.63) is 78.6 Å². The summed E-state index contributed by atoms with van der Waals surface area (Å²) in [5.74, 6) is 1.55. The molecule has 5 heterocycles. The molecule has 8 nitrogen and oxygen atoms in total. The summed E-state index contributed by atoms with van der Waals surface area (Å²) in [5.41, 5.74) is 4.92. The van der Waals surface area contributed by atoms with Crippen LogP contribution >= 0.6 is 0 Å². The second-order valence-electron chi connectivity index (χ2n) is 6.95. The van der Waals surface area contributed by atoms with Crippen molar-refractivity contribution in [2.24, 2.45) is 7.05 Å². The van der Waals surface area contributed by atoms with Crippen molar-refractivity contribution < 1.29 is 0 Å². The van der Waals surface area contributed by atoms with Gasteiger partial charge in [0, 0.05) is 61.3 Å². The zero-order valence-corrected chi connectivity index (χ0v) is 16.2. The van der Waals surface area contributed by atoms with E-state index in [-0.39, 0.29) is 0 Å². The van der Waals surface area contributed by atoms with E-state index in [1.54, 1.807) is 10.9 Å². The van der Waals surface area contributed by atoms with Gasteiger partial charge >= 0.3 is 0 Å². The first-order valence-corrected chi connectivity index (χ1v) is 9.34. The van der Waals surface area contributed by atoms with Crippen molar-refractivity contribution in [1.82, 2.24) is 33.9 Å². The highest BCUT2D eigenvalue weighted by molar-refractivity contribution is 5.66. The maximum Gasteiger partial charge on any atom is 0.154 e. The summed E-state index contributed by atoms with van der Waals surface area (Å²) < 4.78 is 5.66. The van der Waals surface area contributed by atoms with Crippen molar-refractivity contribution in [3.8, 4) is 17.1 Å². The van der Waals surface area contributed by atoms with Crippen LogP contribution in [0.25, 0.3) is 22.7 Å². The number of rotatable bonds is 5. The Morgan fingerprint density at radius 2 is 2.03 bits per heavy atom. The normalized spacial score (nSPS) is 11.2. The number of nitrogens with one attached hydrogen (secondary N) is 1. The van der Waals surface area contributed by atoms with E-state index in [0.29, 0.717) is 6.54 Å². The summed E-state index contributed by atoms with van der Waals surface area (Å²) in [5, 5.41) is 12.4. The summed E-state index contributed by atoms with van der Waals surface area (Å²) in [6, 6.07) is 12.0. The fourth-order valence-corrected chi connectivity index (χ4v) is 3.32. The highest BCUT2D eigenvalue weighted by Gasteiger charge is 2.14. The van der Waals surface area contributed by atoms with Crippen LogP contribution in [0.15, 0.2) is 67.4 Å². The van der Waals surface area contributed by atoms with E-state index in [9.17, 15) is 0 Å². The van der Waals surface area contributed by atoms with Crippen LogP contribution in [0.1, 0.15) is 11.3 Å². The van der Waals surface area contributed by atoms with Crippen LogP contribution in [0.4, 0.5) is 5.82 Å². The summed E-state index contributed by atoms with van der Waals surface area (Å²) in [4.78, 5) is 8.98. The molecular formula is C21H20N8. The molecule has 0 aliphatic heterocycles. The van der Waals surface area contributed by atoms with Crippen molar-refractivity contribution in [2.75, 3.05) is 5.32 Å². The Hall–Kier alpha value is -3.94. The highest BCUT2D eigenvalue weighted by atomic mass is 15.3. The van der Waals surface area contributed by atoms with E-state index in [4.69, 9.17) is 5.10 Å². The van der Waals surface area contributed by atoms with E-state index in [0.717, 1.165) is 39.8 Å². The highest BCUT2D eigenvalue weighted by Crippen LogP contribution is 2.26. The minimum Gasteiger partial charge on any atom is -0.364 e. The third-order valence-corrected chi connectivity index (χ3v) is 4.72. The van der Waals surface area contributed by atoms with E-state index in [2.05, 4.69) is 32.6 Å². The fourth-order valence-electron chi connectivity index (χ4n) is 3.32. The smallest absolute Gasteiger partial charge is 0.154 e. The predicted octanol–water partition coefficient (Wildman–Crippen LogP) is 3.24. The third kappa shape index (κ3) is 3.36. The lowest BCUT2D eigenvalue weighted by Gasteiger charge is -2.07. The molecule has 0 unspecified atom stereocenters. The number of anilines is 1. The zero-order chi connectivity index (χ0) is 19.8. The molecule has 5 aromatic rings. The molecule has 0 bridgehead atoms. The van der Waals surface area contributed by atoms with Gasteiger partial charge in [0.15, 0.2) is 5.82 Å². The largest absolute Gasteiger partial charge is 0.364 e. The van der Waals surface area contributed by atoms with Gasteiger partial charge in [0.05, 0.1) is 11.9 Å². The third-order valence-electron chi connectivity index (χ3n) is 4.72. The minimum atomic E-state index is 0.645. The molecule has 0 aliphatic carbocycles. The molecule has 29 heavy (non-hydrogen) atoms. The molecule has 0 spiro atoms. The summed E-state index contributed by atoms with van der Waals surface area (Å²) in [6.45, 7) is 2.62. The van der Waals surface area contributed by atoms with Crippen LogP contribution in [0.2, 0.25) is 0 Å². The number of pyridine rings is 2. The van der Waals surface area contributed by atoms with Crippen LogP contribution < -0.4 is 5.32 Å². The topological polar surface area (TPSA) is 77.9 Å². The Balaban J connectivity index is 1.56. The molecule has 0 saturated heterocycles. The van der Waals surface area contributed by atoms with Crippen LogP contribution in [0.3, 0.4) is 0 Å². The Bertz CT molecular complexity index is 1290. The number of hydrogen-bond acceptors (Lipinski definition) is 5. The zero-order valence-electron chi connectivity index (χ0n) is 16.2. The van der Waals surface area contributed by atoms with Gasteiger partial charge in [-0.1, -0.05) is 6.07 Å². The predicted molar refractivity (Wildman–Crippen MR) is 111 cm³/mol. The quantitative estimate of drug-likeness (QED) is 0.503. The standard InChI is InChI=1S/C21H20N8/c1-15-4-3-5-21(25-15)29-18(17-6-7-20-22-8-9-28(20)14-17)10-19(26-29)23-11-16-12-24-27(2)13-16/h3-10,12-14H,11H2,1-2H3,(H,23,26). The van der Waals surface area contributed by atoms with Crippen LogP contribution in [0.5, 0.6) is 0 Å². The molecule has 5 rings (SSSR count). The van der Waals surface area contributed by atoms with Crippen LogP contribution in [0, 0.1) is 6.92 Å². The first kappa shape index (κ1) is 17.2. The van der Waals surface area contributed by atoms with Gasteiger partial charge in [-0.25, -0.2) is 14.6 Å². The second-order valence-corrected chi connectivity index (χ2v) is 6.95. The van der Waals surface area contributed by atoms with Gasteiger partial charge in [-0.3, -0.25) is 4.68 Å². The number of imidazole rings is 1. The Morgan fingerprint density at radius 3 is 2.86 bits per heavy atom. The van der Waals surface area contributed by atoms with Crippen LogP contribution in [-0.4, -0.2) is 33.9 Å². The average molecular weight is 384 g/mol. The van der Waals surface area contributed by atoms with Crippen molar-refractivity contribution in [2.45, 2.75) is 13.5 Å². The molecule has 0 amide bonds. The molecule has 0 aliphatic rings. The lowest BCUT2D eigenvalue weighted by molar-refractivity contribution is 0.767. The van der Waals surface area contributed by atoms with E-state index in [1.165, 1.54) is 0 Å². The Kier molecular flexibility index (Phi) is 4.09. The number of nitrogens with zero attached hydrogens (tertiary/aromatic N) is 7. The van der Waals surface area contributed by atoms with Crippen molar-refractivity contribution in [3.63, 3.8) is 0 Å². The monoisotopic (exact) mass is 384 g/mol. The lowest BCUT2D eigenvalue weighted by atomic mass is 10.2. The van der Waals surface area contributed by atoms with Gasteiger partial charge in [-0.05, 0) is 31.2 Å². The van der Waals surface area contributed by atoms with E-state index in [1.807, 2.05) is 72.0 Å². The lowest BCUT2D eigenvalue weighted by Crippen LogP contribution is -2.04. The van der Waals surface area contributed by atoms with Gasteiger partial charge in [-0.15, -0.1) is 5.10 Å². The summed E-state index contributed by atoms with van der Waals surface area (Å²) >= 11 is 0. The molecule has 144 valence electrons. The molecule has 0 fully saturated rings. The van der Waals surface area contributed by atoms with Crippen molar-refractivity contribution in [1.29, 1.82) is 0 Å². The van der Waals surface area contributed by atoms with Gasteiger partial charge in [0.1, 0.15) is 11.5 Å². The molecule has 0 atom stereocenters. The Morgan fingerprint density at radius 1 is 1.10 bits per heavy atom. The fraction of sp³-hybridized carbons (Fsp3) is 0.143. The molecule has 5 aromatic heterocycles. The number of aromatic nitrogens is 7. The average Bonchev–Trinajstić information content (AvgIpc) is 3.45. The van der Waals surface area contributed by atoms with E-state index >= 15 is 0 Å².